The molecule has 0 bridgehead atoms. The van der Waals surface area contributed by atoms with Gasteiger partial charge >= 0.3 is 0 Å². The first-order valence-corrected chi connectivity index (χ1v) is 8.26. The number of carbonyl (C=O) groups is 2. The van der Waals surface area contributed by atoms with E-state index in [9.17, 15) is 18.4 Å². The van der Waals surface area contributed by atoms with Gasteiger partial charge in [-0.3, -0.25) is 9.59 Å². The van der Waals surface area contributed by atoms with E-state index in [-0.39, 0.29) is 18.5 Å². The SMILES string of the molecule is C=CCNC(=O)C(Cc1cc(F)cc(F)c1)NC(=O)/C=C/CCCC. The Kier molecular flexibility index (Phi) is 9.14. The summed E-state index contributed by atoms with van der Waals surface area (Å²) in [5, 5.41) is 5.15. The summed E-state index contributed by atoms with van der Waals surface area (Å²) >= 11 is 0. The van der Waals surface area contributed by atoms with Gasteiger partial charge in [-0.2, -0.15) is 0 Å². The Morgan fingerprint density at radius 2 is 1.92 bits per heavy atom. The second-order valence-electron chi connectivity index (χ2n) is 5.62. The van der Waals surface area contributed by atoms with Crippen LogP contribution in [0.5, 0.6) is 0 Å². The molecule has 0 aromatic heterocycles. The van der Waals surface area contributed by atoms with E-state index in [2.05, 4.69) is 17.2 Å². The average molecular weight is 350 g/mol. The van der Waals surface area contributed by atoms with Crippen molar-refractivity contribution >= 4 is 11.8 Å². The van der Waals surface area contributed by atoms with Crippen molar-refractivity contribution in [2.75, 3.05) is 6.54 Å². The van der Waals surface area contributed by atoms with Gasteiger partial charge in [0, 0.05) is 19.0 Å². The molecule has 0 aliphatic heterocycles. The maximum Gasteiger partial charge on any atom is 0.244 e. The highest BCUT2D eigenvalue weighted by atomic mass is 19.1. The highest BCUT2D eigenvalue weighted by Gasteiger charge is 2.20. The summed E-state index contributed by atoms with van der Waals surface area (Å²) in [5.41, 5.74) is 0.284. The van der Waals surface area contributed by atoms with Crippen molar-refractivity contribution in [3.63, 3.8) is 0 Å². The summed E-state index contributed by atoms with van der Waals surface area (Å²) < 4.78 is 26.7. The van der Waals surface area contributed by atoms with E-state index in [0.29, 0.717) is 0 Å². The standard InChI is InChI=1S/C19H24F2N2O2/c1-3-5-6-7-8-18(24)23-17(19(25)22-9-4-2)12-14-10-15(20)13-16(21)11-14/h4,7-8,10-11,13,17H,2-3,5-6,9,12H2,1H3,(H,22,25)(H,23,24)/b8-7+. The summed E-state index contributed by atoms with van der Waals surface area (Å²) in [6.45, 7) is 5.78. The minimum absolute atomic E-state index is 0.0216. The van der Waals surface area contributed by atoms with Crippen molar-refractivity contribution < 1.29 is 18.4 Å². The molecule has 1 atom stereocenters. The third-order valence-electron chi connectivity index (χ3n) is 3.41. The van der Waals surface area contributed by atoms with Gasteiger partial charge in [0.15, 0.2) is 0 Å². The highest BCUT2D eigenvalue weighted by Crippen LogP contribution is 2.10. The molecular formula is C19H24F2N2O2. The van der Waals surface area contributed by atoms with Crippen LogP contribution in [0.4, 0.5) is 8.78 Å². The largest absolute Gasteiger partial charge is 0.351 e. The zero-order chi connectivity index (χ0) is 18.7. The van der Waals surface area contributed by atoms with Gasteiger partial charge in [-0.25, -0.2) is 8.78 Å². The number of halogens is 2. The Balaban J connectivity index is 2.81. The molecule has 0 saturated carbocycles. The molecule has 0 fully saturated rings. The fourth-order valence-electron chi connectivity index (χ4n) is 2.20. The lowest BCUT2D eigenvalue weighted by atomic mass is 10.0. The van der Waals surface area contributed by atoms with Crippen molar-refractivity contribution in [1.29, 1.82) is 0 Å². The van der Waals surface area contributed by atoms with E-state index in [1.165, 1.54) is 12.2 Å². The first-order valence-electron chi connectivity index (χ1n) is 8.26. The maximum atomic E-state index is 13.3. The van der Waals surface area contributed by atoms with Crippen LogP contribution in [-0.2, 0) is 16.0 Å². The number of allylic oxidation sites excluding steroid dienone is 1. The molecule has 1 aromatic carbocycles. The molecule has 1 aromatic rings. The van der Waals surface area contributed by atoms with Crippen LogP contribution in [0.3, 0.4) is 0 Å². The van der Waals surface area contributed by atoms with Gasteiger partial charge in [0.1, 0.15) is 17.7 Å². The average Bonchev–Trinajstić information content (AvgIpc) is 2.55. The number of benzene rings is 1. The van der Waals surface area contributed by atoms with Crippen LogP contribution in [0, 0.1) is 11.6 Å². The molecule has 1 rings (SSSR count). The number of hydrogen-bond acceptors (Lipinski definition) is 2. The lowest BCUT2D eigenvalue weighted by Crippen LogP contribution is -2.47. The van der Waals surface area contributed by atoms with Crippen molar-refractivity contribution in [2.24, 2.45) is 0 Å². The van der Waals surface area contributed by atoms with Gasteiger partial charge in [-0.15, -0.1) is 6.58 Å². The normalized spacial score (nSPS) is 12.0. The van der Waals surface area contributed by atoms with Crippen LogP contribution in [0.2, 0.25) is 0 Å². The molecule has 0 aliphatic rings. The molecule has 0 radical (unpaired) electrons. The molecule has 136 valence electrons. The van der Waals surface area contributed by atoms with Gasteiger partial charge in [-0.1, -0.05) is 31.9 Å². The van der Waals surface area contributed by atoms with Crippen molar-refractivity contribution in [2.45, 2.75) is 38.6 Å². The van der Waals surface area contributed by atoms with Crippen LogP contribution in [0.15, 0.2) is 43.0 Å². The quantitative estimate of drug-likeness (QED) is 0.387. The molecule has 0 aliphatic carbocycles. The maximum absolute atomic E-state index is 13.3. The molecule has 2 N–H and O–H groups in total. The molecule has 25 heavy (non-hydrogen) atoms. The fourth-order valence-corrected chi connectivity index (χ4v) is 2.20. The lowest BCUT2D eigenvalue weighted by molar-refractivity contribution is -0.126. The number of unbranched alkanes of at least 4 members (excludes halogenated alkanes) is 2. The first-order chi connectivity index (χ1) is 12.0. The monoisotopic (exact) mass is 350 g/mol. The summed E-state index contributed by atoms with van der Waals surface area (Å²) in [6, 6.07) is 2.09. The van der Waals surface area contributed by atoms with E-state index < -0.39 is 29.5 Å². The van der Waals surface area contributed by atoms with E-state index in [1.807, 2.05) is 6.92 Å². The minimum atomic E-state index is -0.940. The van der Waals surface area contributed by atoms with Crippen LogP contribution in [0.1, 0.15) is 31.7 Å². The minimum Gasteiger partial charge on any atom is -0.351 e. The zero-order valence-corrected chi connectivity index (χ0v) is 14.4. The number of carbonyl (C=O) groups excluding carboxylic acids is 2. The fraction of sp³-hybridized carbons (Fsp3) is 0.368. The third-order valence-corrected chi connectivity index (χ3v) is 3.41. The molecule has 1 unspecified atom stereocenters. The van der Waals surface area contributed by atoms with Crippen molar-refractivity contribution in [3.8, 4) is 0 Å². The summed E-state index contributed by atoms with van der Waals surface area (Å²) in [7, 11) is 0. The Labute approximate surface area is 147 Å². The molecule has 2 amide bonds. The molecule has 4 nitrogen and oxygen atoms in total. The van der Waals surface area contributed by atoms with Crippen molar-refractivity contribution in [3.05, 3.63) is 60.2 Å². The molecule has 0 saturated heterocycles. The zero-order valence-electron chi connectivity index (χ0n) is 14.4. The van der Waals surface area contributed by atoms with Crippen LogP contribution in [-0.4, -0.2) is 24.4 Å². The number of nitrogens with one attached hydrogen (secondary N) is 2. The Morgan fingerprint density at radius 3 is 2.52 bits per heavy atom. The summed E-state index contributed by atoms with van der Waals surface area (Å²) in [5.74, 6) is -2.33. The van der Waals surface area contributed by atoms with Gasteiger partial charge in [0.25, 0.3) is 0 Å². The molecule has 0 heterocycles. The topological polar surface area (TPSA) is 58.2 Å². The van der Waals surface area contributed by atoms with E-state index in [1.54, 1.807) is 6.08 Å². The molecular weight excluding hydrogens is 326 g/mol. The summed E-state index contributed by atoms with van der Waals surface area (Å²) in [6.07, 6.45) is 7.34. The Hall–Kier alpha value is -2.50. The van der Waals surface area contributed by atoms with Gasteiger partial charge < -0.3 is 10.6 Å². The third kappa shape index (κ3) is 8.24. The number of hydrogen-bond donors (Lipinski definition) is 2. The van der Waals surface area contributed by atoms with Crippen LogP contribution < -0.4 is 10.6 Å². The Bertz CT molecular complexity index is 610. The van der Waals surface area contributed by atoms with Crippen molar-refractivity contribution in [1.82, 2.24) is 10.6 Å². The number of amides is 2. The van der Waals surface area contributed by atoms with Gasteiger partial charge in [-0.05, 0) is 30.2 Å². The van der Waals surface area contributed by atoms with Gasteiger partial charge in [0.05, 0.1) is 0 Å². The summed E-state index contributed by atoms with van der Waals surface area (Å²) in [4.78, 5) is 24.2. The second kappa shape index (κ2) is 11.1. The first kappa shape index (κ1) is 20.5. The van der Waals surface area contributed by atoms with E-state index >= 15 is 0 Å². The smallest absolute Gasteiger partial charge is 0.244 e. The van der Waals surface area contributed by atoms with Crippen LogP contribution in [0.25, 0.3) is 0 Å². The molecule has 0 spiro atoms. The highest BCUT2D eigenvalue weighted by molar-refractivity contribution is 5.93. The predicted molar refractivity (Wildman–Crippen MR) is 93.9 cm³/mol. The van der Waals surface area contributed by atoms with E-state index in [0.717, 1.165) is 37.5 Å². The second-order valence-corrected chi connectivity index (χ2v) is 5.62. The number of rotatable bonds is 10. The predicted octanol–water partition coefficient (Wildman–Crippen LogP) is 3.04. The lowest BCUT2D eigenvalue weighted by Gasteiger charge is -2.17. The molecule has 6 heteroatoms. The van der Waals surface area contributed by atoms with Gasteiger partial charge in [0.2, 0.25) is 11.8 Å². The van der Waals surface area contributed by atoms with E-state index in [4.69, 9.17) is 0 Å². The Morgan fingerprint density at radius 1 is 1.24 bits per heavy atom. The van der Waals surface area contributed by atoms with Crippen LogP contribution >= 0.6 is 0 Å².